The first-order chi connectivity index (χ1) is 7.15. The Bertz CT molecular complexity index is 330. The lowest BCUT2D eigenvalue weighted by molar-refractivity contribution is 0.0953. The van der Waals surface area contributed by atoms with Gasteiger partial charge in [-0.25, -0.2) is 0 Å². The number of alkyl halides is 1. The van der Waals surface area contributed by atoms with Crippen molar-refractivity contribution in [3.8, 4) is 0 Å². The van der Waals surface area contributed by atoms with Crippen LogP contribution in [0.3, 0.4) is 0 Å². The molecule has 84 valence electrons. The minimum Gasteiger partial charge on any atom is -0.383 e. The summed E-state index contributed by atoms with van der Waals surface area (Å²) in [6.07, 6.45) is 0. The van der Waals surface area contributed by atoms with Gasteiger partial charge in [-0.2, -0.15) is 0 Å². The average Bonchev–Trinajstić information content (AvgIpc) is 2.61. The third-order valence-corrected chi connectivity index (χ3v) is 4.08. The van der Waals surface area contributed by atoms with Crippen molar-refractivity contribution in [2.24, 2.45) is 0 Å². The van der Waals surface area contributed by atoms with E-state index in [9.17, 15) is 4.79 Å². The molecular formula is C9H11Br2NO2S. The van der Waals surface area contributed by atoms with E-state index in [1.807, 2.05) is 11.4 Å². The second-order valence-corrected chi connectivity index (χ2v) is 5.93. The van der Waals surface area contributed by atoms with Crippen molar-refractivity contribution in [3.05, 3.63) is 20.8 Å². The van der Waals surface area contributed by atoms with Gasteiger partial charge in [-0.3, -0.25) is 4.79 Å². The Morgan fingerprint density at radius 2 is 2.47 bits per heavy atom. The standard InChI is InChI=1S/C9H11Br2NO2S/c1-14-5-6(10)4-12-9(13)8-7(11)2-3-15-8/h2-3,6H,4-5H2,1H3,(H,12,13). The Balaban J connectivity index is 2.40. The smallest absolute Gasteiger partial charge is 0.262 e. The van der Waals surface area contributed by atoms with E-state index in [4.69, 9.17) is 4.74 Å². The predicted octanol–water partition coefficient (Wildman–Crippen LogP) is 2.65. The van der Waals surface area contributed by atoms with E-state index in [0.29, 0.717) is 18.0 Å². The summed E-state index contributed by atoms with van der Waals surface area (Å²) in [7, 11) is 1.63. The van der Waals surface area contributed by atoms with Crippen LogP contribution in [0.2, 0.25) is 0 Å². The molecule has 1 aromatic rings. The summed E-state index contributed by atoms with van der Waals surface area (Å²) in [6, 6.07) is 1.86. The monoisotopic (exact) mass is 355 g/mol. The van der Waals surface area contributed by atoms with Gasteiger partial charge >= 0.3 is 0 Å². The molecule has 1 unspecified atom stereocenters. The van der Waals surface area contributed by atoms with Gasteiger partial charge in [-0.1, -0.05) is 15.9 Å². The van der Waals surface area contributed by atoms with Crippen LogP contribution in [0.5, 0.6) is 0 Å². The summed E-state index contributed by atoms with van der Waals surface area (Å²) in [5.74, 6) is -0.0579. The molecule has 1 rings (SSSR count). The molecule has 0 aliphatic rings. The summed E-state index contributed by atoms with van der Waals surface area (Å²) in [5.41, 5.74) is 0. The number of methoxy groups -OCH3 is 1. The molecule has 1 atom stereocenters. The number of amides is 1. The van der Waals surface area contributed by atoms with Crippen LogP contribution in [0.25, 0.3) is 0 Å². The fraction of sp³-hybridized carbons (Fsp3) is 0.444. The minimum absolute atomic E-state index is 0.0579. The van der Waals surface area contributed by atoms with Crippen molar-refractivity contribution in [2.75, 3.05) is 20.3 Å². The summed E-state index contributed by atoms with van der Waals surface area (Å²) >= 11 is 8.14. The molecule has 1 amide bonds. The van der Waals surface area contributed by atoms with Gasteiger partial charge in [0.25, 0.3) is 5.91 Å². The third kappa shape index (κ3) is 4.22. The molecule has 0 spiro atoms. The van der Waals surface area contributed by atoms with Crippen LogP contribution in [-0.2, 0) is 4.74 Å². The highest BCUT2D eigenvalue weighted by molar-refractivity contribution is 9.10. The van der Waals surface area contributed by atoms with E-state index in [1.54, 1.807) is 7.11 Å². The first-order valence-electron chi connectivity index (χ1n) is 4.29. The lowest BCUT2D eigenvalue weighted by Crippen LogP contribution is -2.31. The molecule has 0 fully saturated rings. The Morgan fingerprint density at radius 1 is 1.73 bits per heavy atom. The molecule has 6 heteroatoms. The highest BCUT2D eigenvalue weighted by Gasteiger charge is 2.12. The number of rotatable bonds is 5. The predicted molar refractivity (Wildman–Crippen MR) is 68.9 cm³/mol. The summed E-state index contributed by atoms with van der Waals surface area (Å²) in [4.78, 5) is 12.5. The molecule has 0 aliphatic heterocycles. The molecular weight excluding hydrogens is 346 g/mol. The Labute approximate surface area is 109 Å². The molecule has 0 aliphatic carbocycles. The Hall–Kier alpha value is 0.0900. The highest BCUT2D eigenvalue weighted by atomic mass is 79.9. The molecule has 0 saturated carbocycles. The van der Waals surface area contributed by atoms with Gasteiger partial charge < -0.3 is 10.1 Å². The second-order valence-electron chi connectivity index (χ2n) is 2.86. The van der Waals surface area contributed by atoms with Crippen molar-refractivity contribution in [3.63, 3.8) is 0 Å². The number of hydrogen-bond donors (Lipinski definition) is 1. The minimum atomic E-state index is -0.0579. The van der Waals surface area contributed by atoms with Crippen molar-refractivity contribution in [1.29, 1.82) is 0 Å². The van der Waals surface area contributed by atoms with E-state index in [2.05, 4.69) is 37.2 Å². The maximum atomic E-state index is 11.6. The normalized spacial score (nSPS) is 12.5. The summed E-state index contributed by atoms with van der Waals surface area (Å²) < 4.78 is 5.78. The quantitative estimate of drug-likeness (QED) is 0.823. The molecule has 3 nitrogen and oxygen atoms in total. The van der Waals surface area contributed by atoms with Crippen LogP contribution in [0.1, 0.15) is 9.67 Å². The van der Waals surface area contributed by atoms with Crippen LogP contribution in [0, 0.1) is 0 Å². The molecule has 0 aromatic carbocycles. The zero-order valence-electron chi connectivity index (χ0n) is 8.13. The van der Waals surface area contributed by atoms with Crippen molar-refractivity contribution >= 4 is 49.1 Å². The fourth-order valence-corrected chi connectivity index (χ4v) is 2.87. The van der Waals surface area contributed by atoms with E-state index in [1.165, 1.54) is 11.3 Å². The molecule has 1 heterocycles. The molecule has 0 radical (unpaired) electrons. The van der Waals surface area contributed by atoms with Crippen LogP contribution in [0.4, 0.5) is 0 Å². The highest BCUT2D eigenvalue weighted by Crippen LogP contribution is 2.22. The molecule has 0 bridgehead atoms. The van der Waals surface area contributed by atoms with Crippen LogP contribution >= 0.6 is 43.2 Å². The zero-order valence-corrected chi connectivity index (χ0v) is 12.1. The first kappa shape index (κ1) is 13.2. The number of nitrogens with one attached hydrogen (secondary N) is 1. The molecule has 15 heavy (non-hydrogen) atoms. The van der Waals surface area contributed by atoms with Crippen LogP contribution < -0.4 is 5.32 Å². The van der Waals surface area contributed by atoms with Gasteiger partial charge in [0.15, 0.2) is 0 Å². The van der Waals surface area contributed by atoms with Crippen LogP contribution in [0.15, 0.2) is 15.9 Å². The van der Waals surface area contributed by atoms with Gasteiger partial charge in [-0.05, 0) is 27.4 Å². The molecule has 1 N–H and O–H groups in total. The van der Waals surface area contributed by atoms with Gasteiger partial charge in [0, 0.05) is 18.1 Å². The number of carbonyl (C=O) groups is 1. The largest absolute Gasteiger partial charge is 0.383 e. The van der Waals surface area contributed by atoms with Crippen LogP contribution in [-0.4, -0.2) is 31.0 Å². The van der Waals surface area contributed by atoms with Gasteiger partial charge in [0.05, 0.1) is 11.4 Å². The number of halogens is 2. The summed E-state index contributed by atoms with van der Waals surface area (Å²) in [5, 5.41) is 4.70. The third-order valence-electron chi connectivity index (χ3n) is 1.66. The first-order valence-corrected chi connectivity index (χ1v) is 6.88. The Kier molecular flexibility index (Phi) is 5.81. The second kappa shape index (κ2) is 6.62. The van der Waals surface area contributed by atoms with Crippen molar-refractivity contribution in [2.45, 2.75) is 4.83 Å². The number of carbonyl (C=O) groups excluding carboxylic acids is 1. The lowest BCUT2D eigenvalue weighted by atomic mass is 10.4. The maximum Gasteiger partial charge on any atom is 0.262 e. The SMILES string of the molecule is COCC(Br)CNC(=O)c1sccc1Br. The topological polar surface area (TPSA) is 38.3 Å². The van der Waals surface area contributed by atoms with E-state index in [-0.39, 0.29) is 10.7 Å². The molecule has 1 aromatic heterocycles. The number of ether oxygens (including phenoxy) is 1. The van der Waals surface area contributed by atoms with Gasteiger partial charge in [0.2, 0.25) is 0 Å². The number of hydrogen-bond acceptors (Lipinski definition) is 3. The zero-order chi connectivity index (χ0) is 11.3. The fourth-order valence-electron chi connectivity index (χ4n) is 0.979. The van der Waals surface area contributed by atoms with Crippen molar-refractivity contribution in [1.82, 2.24) is 5.32 Å². The molecule has 0 saturated heterocycles. The van der Waals surface area contributed by atoms with E-state index < -0.39 is 0 Å². The van der Waals surface area contributed by atoms with Gasteiger partial charge in [-0.15, -0.1) is 11.3 Å². The van der Waals surface area contributed by atoms with E-state index in [0.717, 1.165) is 4.47 Å². The van der Waals surface area contributed by atoms with Crippen molar-refractivity contribution < 1.29 is 9.53 Å². The average molecular weight is 357 g/mol. The number of thiophene rings is 1. The lowest BCUT2D eigenvalue weighted by Gasteiger charge is -2.09. The van der Waals surface area contributed by atoms with E-state index >= 15 is 0 Å². The Morgan fingerprint density at radius 3 is 3.00 bits per heavy atom. The summed E-state index contributed by atoms with van der Waals surface area (Å²) in [6.45, 7) is 1.13. The van der Waals surface area contributed by atoms with Gasteiger partial charge in [0.1, 0.15) is 4.88 Å². The maximum absolute atomic E-state index is 11.6.